The van der Waals surface area contributed by atoms with Crippen LogP contribution in [0.3, 0.4) is 0 Å². The van der Waals surface area contributed by atoms with Crippen LogP contribution in [-0.4, -0.2) is 17.0 Å². The van der Waals surface area contributed by atoms with Gasteiger partial charge in [-0.25, -0.2) is 9.37 Å². The Morgan fingerprint density at radius 2 is 2.11 bits per heavy atom. The molecule has 1 N–H and O–H groups in total. The van der Waals surface area contributed by atoms with Gasteiger partial charge in [-0.05, 0) is 28.1 Å². The van der Waals surface area contributed by atoms with Crippen LogP contribution in [-0.2, 0) is 0 Å². The number of benzene rings is 1. The first-order valence-electron chi connectivity index (χ1n) is 4.94. The Morgan fingerprint density at radius 3 is 2.83 bits per heavy atom. The highest BCUT2D eigenvalue weighted by atomic mass is 79.9. The van der Waals surface area contributed by atoms with Gasteiger partial charge >= 0.3 is 0 Å². The minimum atomic E-state index is -1.06. The van der Waals surface area contributed by atoms with Crippen molar-refractivity contribution in [3.05, 3.63) is 40.5 Å². The van der Waals surface area contributed by atoms with Crippen molar-refractivity contribution in [2.45, 2.75) is 0 Å². The van der Waals surface area contributed by atoms with E-state index in [0.29, 0.717) is 10.4 Å². The summed E-state index contributed by atoms with van der Waals surface area (Å²) in [5.41, 5.74) is 0. The summed E-state index contributed by atoms with van der Waals surface area (Å²) < 4.78 is 32.1. The van der Waals surface area contributed by atoms with E-state index in [1.54, 1.807) is 7.05 Å². The molecule has 2 rings (SSSR count). The molecule has 2 aromatic rings. The van der Waals surface area contributed by atoms with E-state index in [-0.39, 0.29) is 11.6 Å². The molecule has 0 spiro atoms. The van der Waals surface area contributed by atoms with E-state index in [2.05, 4.69) is 31.2 Å². The van der Waals surface area contributed by atoms with E-state index < -0.39 is 11.6 Å². The molecular formula is C11H8BrF2N3O. The summed E-state index contributed by atoms with van der Waals surface area (Å²) >= 11 is 3.17. The Kier molecular flexibility index (Phi) is 3.71. The summed E-state index contributed by atoms with van der Waals surface area (Å²) in [5, 5.41) is 2.72. The molecule has 0 aliphatic heterocycles. The van der Waals surface area contributed by atoms with Crippen LogP contribution in [0.25, 0.3) is 0 Å². The lowest BCUT2D eigenvalue weighted by molar-refractivity contribution is 0.403. The number of hydrogen-bond donors (Lipinski definition) is 1. The number of ether oxygens (including phenoxy) is 1. The van der Waals surface area contributed by atoms with Gasteiger partial charge in [0.2, 0.25) is 17.6 Å². The van der Waals surface area contributed by atoms with E-state index in [9.17, 15) is 8.78 Å². The molecule has 1 aromatic carbocycles. The SMILES string of the molecule is CNc1ncc(Br)c(Oc2cccc(F)c2F)n1. The van der Waals surface area contributed by atoms with Gasteiger partial charge in [-0.2, -0.15) is 9.37 Å². The number of anilines is 1. The third-order valence-corrected chi connectivity index (χ3v) is 2.60. The van der Waals surface area contributed by atoms with Crippen LogP contribution >= 0.6 is 15.9 Å². The molecule has 0 amide bonds. The Morgan fingerprint density at radius 1 is 1.33 bits per heavy atom. The summed E-state index contributed by atoms with van der Waals surface area (Å²) in [6.07, 6.45) is 1.45. The second kappa shape index (κ2) is 5.26. The number of hydrogen-bond acceptors (Lipinski definition) is 4. The van der Waals surface area contributed by atoms with Crippen LogP contribution < -0.4 is 10.1 Å². The second-order valence-electron chi connectivity index (χ2n) is 3.25. The molecule has 0 radical (unpaired) electrons. The molecular weight excluding hydrogens is 308 g/mol. The Labute approximate surface area is 110 Å². The second-order valence-corrected chi connectivity index (χ2v) is 4.11. The summed E-state index contributed by atoms with van der Waals surface area (Å²) in [4.78, 5) is 7.90. The van der Waals surface area contributed by atoms with Gasteiger partial charge in [-0.3, -0.25) is 0 Å². The van der Waals surface area contributed by atoms with Gasteiger partial charge in [0, 0.05) is 7.05 Å². The zero-order chi connectivity index (χ0) is 13.1. The van der Waals surface area contributed by atoms with Gasteiger partial charge in [0.1, 0.15) is 0 Å². The number of nitrogens with zero attached hydrogens (tertiary/aromatic N) is 2. The molecule has 7 heteroatoms. The minimum absolute atomic E-state index is 0.0962. The predicted octanol–water partition coefficient (Wildman–Crippen LogP) is 3.35. The Bertz CT molecular complexity index is 580. The van der Waals surface area contributed by atoms with E-state index in [0.717, 1.165) is 6.07 Å². The van der Waals surface area contributed by atoms with Gasteiger partial charge < -0.3 is 10.1 Å². The van der Waals surface area contributed by atoms with Crippen molar-refractivity contribution < 1.29 is 13.5 Å². The lowest BCUT2D eigenvalue weighted by atomic mass is 10.3. The van der Waals surface area contributed by atoms with Crippen molar-refractivity contribution in [3.8, 4) is 11.6 Å². The molecule has 0 atom stereocenters. The smallest absolute Gasteiger partial charge is 0.238 e. The van der Waals surface area contributed by atoms with Gasteiger partial charge in [-0.1, -0.05) is 6.07 Å². The molecule has 0 bridgehead atoms. The van der Waals surface area contributed by atoms with Crippen molar-refractivity contribution >= 4 is 21.9 Å². The van der Waals surface area contributed by atoms with Crippen LogP contribution in [0, 0.1) is 11.6 Å². The van der Waals surface area contributed by atoms with Crippen LogP contribution in [0.1, 0.15) is 0 Å². The van der Waals surface area contributed by atoms with E-state index >= 15 is 0 Å². The van der Waals surface area contributed by atoms with Crippen molar-refractivity contribution in [1.29, 1.82) is 0 Å². The molecule has 0 saturated heterocycles. The first-order chi connectivity index (χ1) is 8.61. The van der Waals surface area contributed by atoms with E-state index in [1.807, 2.05) is 0 Å². The predicted molar refractivity (Wildman–Crippen MR) is 65.7 cm³/mol. The fourth-order valence-electron chi connectivity index (χ4n) is 1.21. The molecule has 0 aliphatic rings. The first kappa shape index (κ1) is 12.7. The highest BCUT2D eigenvalue weighted by Gasteiger charge is 2.13. The summed E-state index contributed by atoms with van der Waals surface area (Å²) in [6, 6.07) is 3.67. The summed E-state index contributed by atoms with van der Waals surface area (Å²) in [5.74, 6) is -1.87. The van der Waals surface area contributed by atoms with Crippen LogP contribution in [0.4, 0.5) is 14.7 Å². The monoisotopic (exact) mass is 315 g/mol. The average Bonchev–Trinajstić information content (AvgIpc) is 2.37. The fraction of sp³-hybridized carbons (Fsp3) is 0.0909. The third-order valence-electron chi connectivity index (χ3n) is 2.06. The number of halogens is 3. The minimum Gasteiger partial charge on any atom is -0.434 e. The molecule has 0 unspecified atom stereocenters. The third kappa shape index (κ3) is 2.56. The summed E-state index contributed by atoms with van der Waals surface area (Å²) in [6.45, 7) is 0. The first-order valence-corrected chi connectivity index (χ1v) is 5.73. The zero-order valence-corrected chi connectivity index (χ0v) is 10.8. The molecule has 0 fully saturated rings. The molecule has 0 saturated carbocycles. The van der Waals surface area contributed by atoms with Gasteiger partial charge in [0.15, 0.2) is 11.6 Å². The normalized spacial score (nSPS) is 10.2. The topological polar surface area (TPSA) is 47.0 Å². The van der Waals surface area contributed by atoms with Crippen molar-refractivity contribution in [1.82, 2.24) is 9.97 Å². The van der Waals surface area contributed by atoms with Crippen molar-refractivity contribution in [2.75, 3.05) is 12.4 Å². The van der Waals surface area contributed by atoms with Crippen LogP contribution in [0.5, 0.6) is 11.6 Å². The molecule has 4 nitrogen and oxygen atoms in total. The highest BCUT2D eigenvalue weighted by Crippen LogP contribution is 2.30. The van der Waals surface area contributed by atoms with Crippen LogP contribution in [0.2, 0.25) is 0 Å². The number of aromatic nitrogens is 2. The highest BCUT2D eigenvalue weighted by molar-refractivity contribution is 9.10. The maximum atomic E-state index is 13.4. The van der Waals surface area contributed by atoms with Gasteiger partial charge in [-0.15, -0.1) is 0 Å². The number of rotatable bonds is 3. The molecule has 0 aliphatic carbocycles. The summed E-state index contributed by atoms with van der Waals surface area (Å²) in [7, 11) is 1.63. The lowest BCUT2D eigenvalue weighted by Crippen LogP contribution is -1.99. The molecule has 1 aromatic heterocycles. The van der Waals surface area contributed by atoms with Gasteiger partial charge in [0.25, 0.3) is 0 Å². The Balaban J connectivity index is 2.36. The fourth-order valence-corrected chi connectivity index (χ4v) is 1.48. The van der Waals surface area contributed by atoms with Crippen LogP contribution in [0.15, 0.2) is 28.9 Å². The lowest BCUT2D eigenvalue weighted by Gasteiger charge is -2.08. The average molecular weight is 316 g/mol. The maximum Gasteiger partial charge on any atom is 0.238 e. The quantitative estimate of drug-likeness (QED) is 0.943. The maximum absolute atomic E-state index is 13.4. The van der Waals surface area contributed by atoms with E-state index in [4.69, 9.17) is 4.74 Å². The standard InChI is InChI=1S/C11H8BrF2N3O/c1-15-11-16-5-6(12)10(17-11)18-8-4-2-3-7(13)9(8)14/h2-5H,1H3,(H,15,16,17). The largest absolute Gasteiger partial charge is 0.434 e. The van der Waals surface area contributed by atoms with E-state index in [1.165, 1.54) is 18.3 Å². The number of nitrogens with one attached hydrogen (secondary N) is 1. The molecule has 94 valence electrons. The van der Waals surface area contributed by atoms with Crippen molar-refractivity contribution in [3.63, 3.8) is 0 Å². The zero-order valence-electron chi connectivity index (χ0n) is 9.25. The van der Waals surface area contributed by atoms with Gasteiger partial charge in [0.05, 0.1) is 10.7 Å². The van der Waals surface area contributed by atoms with Crippen molar-refractivity contribution in [2.24, 2.45) is 0 Å². The molecule has 18 heavy (non-hydrogen) atoms. The molecule has 1 heterocycles. The Hall–Kier alpha value is -1.76.